The summed E-state index contributed by atoms with van der Waals surface area (Å²) in [5.74, 6) is 1.86. The van der Waals surface area contributed by atoms with Crippen LogP contribution in [0.25, 0.3) is 11.0 Å². The minimum Gasteiger partial charge on any atom is -0.492 e. The van der Waals surface area contributed by atoms with E-state index in [9.17, 15) is 0 Å². The van der Waals surface area contributed by atoms with E-state index in [1.807, 2.05) is 38.4 Å². The highest BCUT2D eigenvalue weighted by Crippen LogP contribution is 2.33. The Morgan fingerprint density at radius 2 is 2.11 bits per heavy atom. The second-order valence-corrected chi connectivity index (χ2v) is 4.12. The minimum absolute atomic E-state index is 0.363. The molecule has 5 heteroatoms. The highest BCUT2D eigenvalue weighted by atomic mass is 16.5. The second-order valence-electron chi connectivity index (χ2n) is 4.12. The molecular weight excluding hydrogens is 230 g/mol. The Labute approximate surface area is 106 Å². The van der Waals surface area contributed by atoms with Gasteiger partial charge >= 0.3 is 0 Å². The number of hydrogen-bond donors (Lipinski definition) is 1. The number of furan rings is 1. The third kappa shape index (κ3) is 2.25. The van der Waals surface area contributed by atoms with Crippen LogP contribution >= 0.6 is 0 Å². The molecule has 18 heavy (non-hydrogen) atoms. The van der Waals surface area contributed by atoms with Gasteiger partial charge in [0.05, 0.1) is 12.5 Å². The number of benzene rings is 1. The summed E-state index contributed by atoms with van der Waals surface area (Å²) in [6, 6.07) is 7.73. The van der Waals surface area contributed by atoms with Crippen molar-refractivity contribution in [3.05, 3.63) is 30.0 Å². The first-order valence-electron chi connectivity index (χ1n) is 5.65. The lowest BCUT2D eigenvalue weighted by molar-refractivity contribution is 0.396. The summed E-state index contributed by atoms with van der Waals surface area (Å²) in [7, 11) is 5.31. The maximum atomic E-state index is 5.74. The number of ether oxygens (including phenoxy) is 1. The van der Waals surface area contributed by atoms with Crippen molar-refractivity contribution in [2.75, 3.05) is 21.2 Å². The molecule has 0 atom stereocenters. The van der Waals surface area contributed by atoms with Crippen molar-refractivity contribution in [3.63, 3.8) is 0 Å². The summed E-state index contributed by atoms with van der Waals surface area (Å²) >= 11 is 0. The standard InChI is InChI=1S/C13H17N3O2/c1-16(2)13(14)15-8-11-12(17-3)9-6-4-5-7-10(9)18-11/h4-7H,8H2,1-3H3,(H2,14,15). The first kappa shape index (κ1) is 12.3. The van der Waals surface area contributed by atoms with E-state index < -0.39 is 0 Å². The topological polar surface area (TPSA) is 64.0 Å². The fourth-order valence-corrected chi connectivity index (χ4v) is 1.69. The van der Waals surface area contributed by atoms with Crippen molar-refractivity contribution in [2.45, 2.75) is 6.54 Å². The molecule has 96 valence electrons. The molecule has 5 nitrogen and oxygen atoms in total. The highest BCUT2D eigenvalue weighted by Gasteiger charge is 2.13. The molecule has 1 heterocycles. The zero-order valence-corrected chi connectivity index (χ0v) is 10.8. The van der Waals surface area contributed by atoms with Crippen LogP contribution in [0.2, 0.25) is 0 Å². The summed E-state index contributed by atoms with van der Waals surface area (Å²) in [6.07, 6.45) is 0. The van der Waals surface area contributed by atoms with Gasteiger partial charge in [-0.3, -0.25) is 0 Å². The van der Waals surface area contributed by atoms with Crippen molar-refractivity contribution in [1.82, 2.24) is 4.90 Å². The van der Waals surface area contributed by atoms with Crippen molar-refractivity contribution in [3.8, 4) is 5.75 Å². The zero-order chi connectivity index (χ0) is 13.1. The molecule has 0 saturated heterocycles. The fourth-order valence-electron chi connectivity index (χ4n) is 1.69. The summed E-state index contributed by atoms with van der Waals surface area (Å²) in [6.45, 7) is 0.363. The zero-order valence-electron chi connectivity index (χ0n) is 10.8. The van der Waals surface area contributed by atoms with Crippen LogP contribution in [0.4, 0.5) is 0 Å². The Morgan fingerprint density at radius 3 is 2.78 bits per heavy atom. The number of para-hydroxylation sites is 1. The summed E-state index contributed by atoms with van der Waals surface area (Å²) < 4.78 is 11.1. The van der Waals surface area contributed by atoms with E-state index in [0.717, 1.165) is 16.7 Å². The Hall–Kier alpha value is -2.17. The smallest absolute Gasteiger partial charge is 0.191 e. The quantitative estimate of drug-likeness (QED) is 0.663. The van der Waals surface area contributed by atoms with Gasteiger partial charge in [0.25, 0.3) is 0 Å². The van der Waals surface area contributed by atoms with E-state index in [-0.39, 0.29) is 0 Å². The predicted octanol–water partition coefficient (Wildman–Crippen LogP) is 1.82. The monoisotopic (exact) mass is 247 g/mol. The lowest BCUT2D eigenvalue weighted by atomic mass is 10.2. The van der Waals surface area contributed by atoms with Crippen molar-refractivity contribution >= 4 is 16.9 Å². The Balaban J connectivity index is 2.36. The number of methoxy groups -OCH3 is 1. The van der Waals surface area contributed by atoms with Crippen LogP contribution in [0.5, 0.6) is 5.75 Å². The van der Waals surface area contributed by atoms with Gasteiger partial charge in [0, 0.05) is 14.1 Å². The third-order valence-corrected chi connectivity index (χ3v) is 2.67. The van der Waals surface area contributed by atoms with Gasteiger partial charge in [0.1, 0.15) is 12.1 Å². The van der Waals surface area contributed by atoms with E-state index >= 15 is 0 Å². The summed E-state index contributed by atoms with van der Waals surface area (Å²) in [4.78, 5) is 5.99. The number of rotatable bonds is 3. The molecule has 0 unspecified atom stereocenters. The minimum atomic E-state index is 0.363. The van der Waals surface area contributed by atoms with E-state index in [4.69, 9.17) is 14.9 Å². The average Bonchev–Trinajstić information content (AvgIpc) is 2.73. The van der Waals surface area contributed by atoms with Crippen LogP contribution in [0.15, 0.2) is 33.7 Å². The lowest BCUT2D eigenvalue weighted by Gasteiger charge is -2.09. The summed E-state index contributed by atoms with van der Waals surface area (Å²) in [5, 5.41) is 0.952. The number of aliphatic imine (C=N–C) groups is 1. The van der Waals surface area contributed by atoms with Crippen LogP contribution in [0.1, 0.15) is 5.76 Å². The highest BCUT2D eigenvalue weighted by molar-refractivity contribution is 5.85. The van der Waals surface area contributed by atoms with Gasteiger partial charge in [-0.1, -0.05) is 12.1 Å². The van der Waals surface area contributed by atoms with E-state index in [0.29, 0.717) is 18.3 Å². The number of guanidine groups is 1. The number of hydrogen-bond acceptors (Lipinski definition) is 3. The number of fused-ring (bicyclic) bond motifs is 1. The molecule has 0 spiro atoms. The van der Waals surface area contributed by atoms with Crippen LogP contribution in [-0.4, -0.2) is 32.1 Å². The van der Waals surface area contributed by atoms with Gasteiger partial charge in [-0.05, 0) is 12.1 Å². The molecule has 0 aliphatic carbocycles. The van der Waals surface area contributed by atoms with E-state index in [1.165, 1.54) is 0 Å². The van der Waals surface area contributed by atoms with Gasteiger partial charge in [-0.25, -0.2) is 4.99 Å². The average molecular weight is 247 g/mol. The molecule has 0 radical (unpaired) electrons. The van der Waals surface area contributed by atoms with Crippen molar-refractivity contribution < 1.29 is 9.15 Å². The first-order valence-corrected chi connectivity index (χ1v) is 5.65. The first-order chi connectivity index (χ1) is 8.63. The van der Waals surface area contributed by atoms with Crippen LogP contribution in [0.3, 0.4) is 0 Å². The van der Waals surface area contributed by atoms with Crippen molar-refractivity contribution in [1.29, 1.82) is 0 Å². The van der Waals surface area contributed by atoms with E-state index in [2.05, 4.69) is 4.99 Å². The van der Waals surface area contributed by atoms with Crippen LogP contribution in [-0.2, 0) is 6.54 Å². The van der Waals surface area contributed by atoms with Gasteiger partial charge in [0.15, 0.2) is 17.5 Å². The fraction of sp³-hybridized carbons (Fsp3) is 0.308. The maximum Gasteiger partial charge on any atom is 0.191 e. The van der Waals surface area contributed by atoms with Crippen LogP contribution in [0, 0.1) is 0 Å². The number of nitrogens with two attached hydrogens (primary N) is 1. The SMILES string of the molecule is COc1c(CN=C(N)N(C)C)oc2ccccc12. The Bertz CT molecular complexity index is 573. The van der Waals surface area contributed by atoms with Gasteiger partial charge in [-0.15, -0.1) is 0 Å². The molecule has 0 aliphatic rings. The van der Waals surface area contributed by atoms with Crippen molar-refractivity contribution in [2.24, 2.45) is 10.7 Å². The van der Waals surface area contributed by atoms with Crippen LogP contribution < -0.4 is 10.5 Å². The molecule has 1 aromatic heterocycles. The third-order valence-electron chi connectivity index (χ3n) is 2.67. The second kappa shape index (κ2) is 5.00. The molecule has 0 bridgehead atoms. The van der Waals surface area contributed by atoms with Gasteiger partial charge < -0.3 is 19.8 Å². The molecule has 0 amide bonds. The van der Waals surface area contributed by atoms with Gasteiger partial charge in [0.2, 0.25) is 0 Å². The molecule has 0 aliphatic heterocycles. The summed E-state index contributed by atoms with van der Waals surface area (Å²) in [5.41, 5.74) is 6.54. The molecule has 2 rings (SSSR count). The molecule has 2 N–H and O–H groups in total. The van der Waals surface area contributed by atoms with E-state index in [1.54, 1.807) is 12.0 Å². The number of nitrogens with zero attached hydrogens (tertiary/aromatic N) is 2. The Morgan fingerprint density at radius 1 is 1.39 bits per heavy atom. The molecule has 0 saturated carbocycles. The molecule has 1 aromatic carbocycles. The predicted molar refractivity (Wildman–Crippen MR) is 71.8 cm³/mol. The largest absolute Gasteiger partial charge is 0.492 e. The lowest BCUT2D eigenvalue weighted by Crippen LogP contribution is -2.30. The molecule has 2 aromatic rings. The maximum absolute atomic E-state index is 5.74. The normalized spacial score (nSPS) is 11.8. The van der Waals surface area contributed by atoms with Gasteiger partial charge in [-0.2, -0.15) is 0 Å². The molecule has 0 fully saturated rings. The molecular formula is C13H17N3O2. The Kier molecular flexibility index (Phi) is 3.41.